The number of ether oxygens (including phenoxy) is 1. The average Bonchev–Trinajstić information content (AvgIpc) is 3.47. The quantitative estimate of drug-likeness (QED) is 0.0320. The molecule has 0 bridgehead atoms. The summed E-state index contributed by atoms with van der Waals surface area (Å²) in [6.07, 6.45) is 90.9. The van der Waals surface area contributed by atoms with Crippen molar-refractivity contribution in [3.8, 4) is 0 Å². The van der Waals surface area contributed by atoms with Crippen LogP contribution in [0.4, 0.5) is 0 Å². The molecule has 478 valence electrons. The number of aliphatic hydroxyl groups is 2. The summed E-state index contributed by atoms with van der Waals surface area (Å²) in [5.74, 6) is -0.0528. The Morgan fingerprint density at radius 2 is 0.617 bits per heavy atom. The van der Waals surface area contributed by atoms with Gasteiger partial charge >= 0.3 is 5.97 Å². The van der Waals surface area contributed by atoms with Gasteiger partial charge in [0.05, 0.1) is 25.4 Å². The Bertz CT molecular complexity index is 1310. The van der Waals surface area contributed by atoms with Gasteiger partial charge in [-0.3, -0.25) is 9.59 Å². The molecule has 0 aliphatic rings. The third-order valence-electron chi connectivity index (χ3n) is 17.2. The number of aliphatic hydroxyl groups excluding tert-OH is 2. The topological polar surface area (TPSA) is 95.9 Å². The van der Waals surface area contributed by atoms with Crippen molar-refractivity contribution in [2.45, 2.75) is 418 Å². The molecule has 0 heterocycles. The molecule has 81 heavy (non-hydrogen) atoms. The van der Waals surface area contributed by atoms with Gasteiger partial charge in [-0.2, -0.15) is 0 Å². The van der Waals surface area contributed by atoms with Crippen molar-refractivity contribution in [1.29, 1.82) is 0 Å². The summed E-state index contributed by atoms with van der Waals surface area (Å²) in [6.45, 7) is 4.94. The third-order valence-corrected chi connectivity index (χ3v) is 17.2. The molecule has 0 saturated heterocycles. The minimum atomic E-state index is -0.848. The van der Waals surface area contributed by atoms with Gasteiger partial charge in [-0.25, -0.2) is 0 Å². The number of hydrogen-bond acceptors (Lipinski definition) is 5. The molecule has 3 N–H and O–H groups in total. The lowest BCUT2D eigenvalue weighted by atomic mass is 10.0. The monoisotopic (exact) mass is 1140 g/mol. The van der Waals surface area contributed by atoms with Gasteiger partial charge < -0.3 is 20.3 Å². The van der Waals surface area contributed by atoms with E-state index in [0.717, 1.165) is 44.9 Å². The number of amides is 1. The van der Waals surface area contributed by atoms with Gasteiger partial charge in [0.2, 0.25) is 5.91 Å². The average molecular weight is 1140 g/mol. The lowest BCUT2D eigenvalue weighted by Crippen LogP contribution is -2.45. The zero-order chi connectivity index (χ0) is 58.5. The van der Waals surface area contributed by atoms with Crippen molar-refractivity contribution in [3.05, 3.63) is 36.5 Å². The van der Waals surface area contributed by atoms with E-state index in [0.29, 0.717) is 19.4 Å². The van der Waals surface area contributed by atoms with Crippen LogP contribution in [0.1, 0.15) is 406 Å². The van der Waals surface area contributed by atoms with Crippen molar-refractivity contribution in [3.63, 3.8) is 0 Å². The standard InChI is InChI=1S/C75H143NO5/c1-3-5-7-9-11-13-15-17-19-21-22-32-36-39-43-47-51-55-59-63-67-73(78)72(71-77)76-74(79)68-64-60-56-52-48-44-40-37-33-30-28-26-24-23-25-27-29-31-34-38-42-46-50-54-58-62-66-70-81-75(80)69-65-61-57-53-49-45-41-35-20-18-16-14-12-10-8-6-4-2/h23-24,27,29,63,67,72-73,77-78H,3-22,25-26,28,30-62,64-66,68-71H2,1-2H3,(H,76,79)/b24-23-,29-27-,67-63+. The molecule has 0 aromatic heterocycles. The molecule has 6 nitrogen and oxygen atoms in total. The number of carbonyl (C=O) groups excluding carboxylic acids is 2. The van der Waals surface area contributed by atoms with Gasteiger partial charge in [0.25, 0.3) is 0 Å². The fourth-order valence-corrected chi connectivity index (χ4v) is 11.6. The Labute approximate surface area is 506 Å². The van der Waals surface area contributed by atoms with E-state index in [1.807, 2.05) is 6.08 Å². The summed E-state index contributed by atoms with van der Waals surface area (Å²) in [6, 6.07) is -0.632. The normalized spacial score (nSPS) is 12.7. The molecule has 1 amide bonds. The SMILES string of the molecule is CCCCCCCCCCCCCCCCCCCC/C=C/C(O)C(CO)NC(=O)CCCCCCCCCCCCC/C=C\C/C=C\CCCCCCCCCCCOC(=O)CCCCCCCCCCCCCCCCCCC. The van der Waals surface area contributed by atoms with E-state index in [-0.39, 0.29) is 18.5 Å². The molecule has 2 atom stereocenters. The van der Waals surface area contributed by atoms with E-state index < -0.39 is 12.1 Å². The maximum Gasteiger partial charge on any atom is 0.305 e. The van der Waals surface area contributed by atoms with Crippen molar-refractivity contribution < 1.29 is 24.5 Å². The van der Waals surface area contributed by atoms with Crippen molar-refractivity contribution in [2.75, 3.05) is 13.2 Å². The summed E-state index contributed by atoms with van der Waals surface area (Å²) in [7, 11) is 0. The van der Waals surface area contributed by atoms with E-state index in [4.69, 9.17) is 4.74 Å². The van der Waals surface area contributed by atoms with E-state index in [9.17, 15) is 19.8 Å². The predicted octanol–water partition coefficient (Wildman–Crippen LogP) is 23.9. The molecule has 0 aromatic carbocycles. The van der Waals surface area contributed by atoms with Crippen LogP contribution in [-0.4, -0.2) is 47.4 Å². The Balaban J connectivity index is 3.43. The summed E-state index contributed by atoms with van der Waals surface area (Å²) in [5.41, 5.74) is 0. The van der Waals surface area contributed by atoms with E-state index in [1.54, 1.807) is 6.08 Å². The van der Waals surface area contributed by atoms with E-state index in [2.05, 4.69) is 43.5 Å². The maximum atomic E-state index is 12.5. The van der Waals surface area contributed by atoms with Crippen molar-refractivity contribution in [2.24, 2.45) is 0 Å². The number of hydrogen-bond donors (Lipinski definition) is 3. The van der Waals surface area contributed by atoms with Gasteiger partial charge in [-0.05, 0) is 64.2 Å². The van der Waals surface area contributed by atoms with Gasteiger partial charge in [0.15, 0.2) is 0 Å². The number of unbranched alkanes of at least 4 members (excludes halogenated alkanes) is 54. The number of esters is 1. The second-order valence-corrected chi connectivity index (χ2v) is 25.3. The first-order chi connectivity index (χ1) is 40.0. The van der Waals surface area contributed by atoms with Crippen LogP contribution in [0.3, 0.4) is 0 Å². The molecular formula is C75H143NO5. The Hall–Kier alpha value is -1.92. The zero-order valence-electron chi connectivity index (χ0n) is 54.8. The van der Waals surface area contributed by atoms with Crippen LogP contribution in [-0.2, 0) is 14.3 Å². The third kappa shape index (κ3) is 67.1. The highest BCUT2D eigenvalue weighted by Gasteiger charge is 2.18. The highest BCUT2D eigenvalue weighted by atomic mass is 16.5. The van der Waals surface area contributed by atoms with Gasteiger partial charge in [0.1, 0.15) is 0 Å². The molecule has 0 radical (unpaired) electrons. The zero-order valence-corrected chi connectivity index (χ0v) is 54.8. The summed E-state index contributed by atoms with van der Waals surface area (Å²) in [4.78, 5) is 24.6. The Morgan fingerprint density at radius 1 is 0.346 bits per heavy atom. The van der Waals surface area contributed by atoms with Crippen LogP contribution >= 0.6 is 0 Å². The van der Waals surface area contributed by atoms with Crippen molar-refractivity contribution in [1.82, 2.24) is 5.32 Å². The molecule has 6 heteroatoms. The number of carbonyl (C=O) groups is 2. The summed E-state index contributed by atoms with van der Waals surface area (Å²) in [5, 5.41) is 23.2. The van der Waals surface area contributed by atoms with Gasteiger partial charge in [-0.1, -0.05) is 365 Å². The minimum Gasteiger partial charge on any atom is -0.466 e. The molecule has 0 fully saturated rings. The van der Waals surface area contributed by atoms with E-state index >= 15 is 0 Å². The maximum absolute atomic E-state index is 12.5. The molecule has 0 aromatic rings. The lowest BCUT2D eigenvalue weighted by Gasteiger charge is -2.20. The highest BCUT2D eigenvalue weighted by Crippen LogP contribution is 2.19. The lowest BCUT2D eigenvalue weighted by molar-refractivity contribution is -0.143. The van der Waals surface area contributed by atoms with Crippen LogP contribution in [0.5, 0.6) is 0 Å². The van der Waals surface area contributed by atoms with Gasteiger partial charge in [0, 0.05) is 12.8 Å². The van der Waals surface area contributed by atoms with E-state index in [1.165, 1.54) is 334 Å². The van der Waals surface area contributed by atoms with Crippen LogP contribution in [0.2, 0.25) is 0 Å². The summed E-state index contributed by atoms with van der Waals surface area (Å²) >= 11 is 0. The predicted molar refractivity (Wildman–Crippen MR) is 356 cm³/mol. The van der Waals surface area contributed by atoms with Gasteiger partial charge in [-0.15, -0.1) is 0 Å². The first-order valence-corrected chi connectivity index (χ1v) is 36.8. The fraction of sp³-hybridized carbons (Fsp3) is 0.893. The number of nitrogens with one attached hydrogen (secondary N) is 1. The molecule has 0 spiro atoms. The van der Waals surface area contributed by atoms with Crippen LogP contribution in [0.25, 0.3) is 0 Å². The van der Waals surface area contributed by atoms with Crippen molar-refractivity contribution >= 4 is 11.9 Å². The first-order valence-electron chi connectivity index (χ1n) is 36.8. The van der Waals surface area contributed by atoms with Crippen LogP contribution in [0.15, 0.2) is 36.5 Å². The Morgan fingerprint density at radius 3 is 0.938 bits per heavy atom. The largest absolute Gasteiger partial charge is 0.466 e. The molecule has 0 aliphatic carbocycles. The molecule has 0 saturated carbocycles. The second kappa shape index (κ2) is 70.6. The number of rotatable bonds is 69. The first kappa shape index (κ1) is 79.1. The molecule has 0 aliphatic heterocycles. The Kier molecular flexibility index (Phi) is 68.9. The molecule has 2 unspecified atom stereocenters. The van der Waals surface area contributed by atoms with Crippen LogP contribution in [0, 0.1) is 0 Å². The second-order valence-electron chi connectivity index (χ2n) is 25.3. The van der Waals surface area contributed by atoms with Crippen LogP contribution < -0.4 is 5.32 Å². The summed E-state index contributed by atoms with van der Waals surface area (Å²) < 4.78 is 5.50. The highest BCUT2D eigenvalue weighted by molar-refractivity contribution is 5.76. The number of allylic oxidation sites excluding steroid dienone is 5. The molecular weight excluding hydrogens is 995 g/mol. The smallest absolute Gasteiger partial charge is 0.305 e. The molecule has 0 rings (SSSR count). The minimum absolute atomic E-state index is 0.0148. The fourth-order valence-electron chi connectivity index (χ4n) is 11.6.